The third kappa shape index (κ3) is 4.70. The monoisotopic (exact) mass is 294 g/mol. The lowest BCUT2D eigenvalue weighted by Gasteiger charge is -2.39. The number of rotatable bonds is 9. The molecule has 4 nitrogen and oxygen atoms in total. The smallest absolute Gasteiger partial charge is 0.123 e. The molecule has 0 saturated heterocycles. The van der Waals surface area contributed by atoms with Crippen molar-refractivity contribution in [3.05, 3.63) is 29.8 Å². The van der Waals surface area contributed by atoms with Gasteiger partial charge in [0.25, 0.3) is 0 Å². The normalized spacial score (nSPS) is 14.5. The highest BCUT2D eigenvalue weighted by Gasteiger charge is 2.29. The van der Waals surface area contributed by atoms with E-state index in [4.69, 9.17) is 15.6 Å². The van der Waals surface area contributed by atoms with Gasteiger partial charge in [0.05, 0.1) is 13.2 Å². The first-order valence-electron chi connectivity index (χ1n) is 7.81. The summed E-state index contributed by atoms with van der Waals surface area (Å²) in [6.45, 7) is 7.47. The van der Waals surface area contributed by atoms with Gasteiger partial charge >= 0.3 is 0 Å². The van der Waals surface area contributed by atoms with Crippen molar-refractivity contribution in [3.63, 3.8) is 0 Å². The van der Waals surface area contributed by atoms with Crippen LogP contribution in [0.1, 0.15) is 45.2 Å². The number of hydrogen-bond acceptors (Lipinski definition) is 4. The van der Waals surface area contributed by atoms with Crippen LogP contribution in [0.3, 0.4) is 0 Å². The second-order valence-corrected chi connectivity index (χ2v) is 5.67. The minimum Gasteiger partial charge on any atom is -0.496 e. The molecule has 1 aromatic carbocycles. The van der Waals surface area contributed by atoms with Crippen LogP contribution in [0.5, 0.6) is 5.75 Å². The molecular formula is C17H30N2O2. The van der Waals surface area contributed by atoms with Gasteiger partial charge in [-0.3, -0.25) is 4.90 Å². The van der Waals surface area contributed by atoms with Crippen molar-refractivity contribution >= 4 is 0 Å². The van der Waals surface area contributed by atoms with Crippen LogP contribution < -0.4 is 10.5 Å². The van der Waals surface area contributed by atoms with Crippen molar-refractivity contribution in [2.75, 3.05) is 20.3 Å². The molecule has 0 amide bonds. The van der Waals surface area contributed by atoms with Gasteiger partial charge in [0.15, 0.2) is 0 Å². The molecule has 0 fully saturated rings. The van der Waals surface area contributed by atoms with Crippen LogP contribution in [0.2, 0.25) is 0 Å². The Labute approximate surface area is 128 Å². The van der Waals surface area contributed by atoms with Gasteiger partial charge < -0.3 is 15.6 Å². The molecule has 0 saturated carbocycles. The molecule has 0 spiro atoms. The number of methoxy groups -OCH3 is 1. The summed E-state index contributed by atoms with van der Waals surface area (Å²) in [5, 5.41) is 9.16. The molecular weight excluding hydrogens is 264 g/mol. The van der Waals surface area contributed by atoms with E-state index < -0.39 is 0 Å². The molecule has 0 aliphatic carbocycles. The molecule has 2 unspecified atom stereocenters. The minimum atomic E-state index is 0.0300. The summed E-state index contributed by atoms with van der Waals surface area (Å²) >= 11 is 0. The first-order chi connectivity index (χ1) is 10.1. The van der Waals surface area contributed by atoms with Gasteiger partial charge in [-0.25, -0.2) is 0 Å². The van der Waals surface area contributed by atoms with Crippen molar-refractivity contribution < 1.29 is 9.84 Å². The van der Waals surface area contributed by atoms with Gasteiger partial charge in [-0.15, -0.1) is 0 Å². The fourth-order valence-electron chi connectivity index (χ4n) is 2.76. The minimum absolute atomic E-state index is 0.0300. The number of ether oxygens (including phenoxy) is 1. The summed E-state index contributed by atoms with van der Waals surface area (Å²) in [6.07, 6.45) is 1.64. The zero-order chi connectivity index (χ0) is 15.8. The van der Waals surface area contributed by atoms with Crippen LogP contribution in [0.15, 0.2) is 24.3 Å². The van der Waals surface area contributed by atoms with Crippen LogP contribution >= 0.6 is 0 Å². The Morgan fingerprint density at radius 1 is 1.29 bits per heavy atom. The van der Waals surface area contributed by atoms with E-state index in [2.05, 4.69) is 31.7 Å². The topological polar surface area (TPSA) is 58.7 Å². The van der Waals surface area contributed by atoms with Gasteiger partial charge in [0.1, 0.15) is 5.75 Å². The molecule has 0 aliphatic rings. The quantitative estimate of drug-likeness (QED) is 0.735. The number of benzene rings is 1. The number of nitrogens with zero attached hydrogens (tertiary/aromatic N) is 1. The molecule has 21 heavy (non-hydrogen) atoms. The van der Waals surface area contributed by atoms with E-state index in [-0.39, 0.29) is 18.7 Å². The molecule has 1 rings (SSSR count). The Morgan fingerprint density at radius 2 is 1.95 bits per heavy atom. The molecule has 120 valence electrons. The maximum Gasteiger partial charge on any atom is 0.123 e. The number of aliphatic hydroxyl groups excluding tert-OH is 1. The summed E-state index contributed by atoms with van der Waals surface area (Å²) in [7, 11) is 1.70. The van der Waals surface area contributed by atoms with E-state index in [0.29, 0.717) is 6.04 Å². The Bertz CT molecular complexity index is 410. The zero-order valence-corrected chi connectivity index (χ0v) is 13.7. The van der Waals surface area contributed by atoms with Gasteiger partial charge in [-0.05, 0) is 32.8 Å². The number of nitrogens with two attached hydrogens (primary N) is 1. The second-order valence-electron chi connectivity index (χ2n) is 5.67. The van der Waals surface area contributed by atoms with Gasteiger partial charge in [-0.2, -0.15) is 0 Å². The molecule has 0 bridgehead atoms. The zero-order valence-electron chi connectivity index (χ0n) is 13.7. The van der Waals surface area contributed by atoms with E-state index in [1.807, 2.05) is 18.2 Å². The Morgan fingerprint density at radius 3 is 2.48 bits per heavy atom. The van der Waals surface area contributed by atoms with Crippen LogP contribution in [-0.2, 0) is 0 Å². The van der Waals surface area contributed by atoms with Crippen LogP contribution in [-0.4, -0.2) is 42.4 Å². The van der Waals surface area contributed by atoms with Crippen molar-refractivity contribution in [3.8, 4) is 5.75 Å². The van der Waals surface area contributed by atoms with Crippen molar-refractivity contribution in [1.82, 2.24) is 4.90 Å². The summed E-state index contributed by atoms with van der Waals surface area (Å²) in [4.78, 5) is 2.36. The van der Waals surface area contributed by atoms with E-state index in [9.17, 15) is 0 Å². The summed E-state index contributed by atoms with van der Waals surface area (Å²) < 4.78 is 5.52. The van der Waals surface area contributed by atoms with E-state index >= 15 is 0 Å². The standard InChI is InChI=1S/C17H30N2O2/c1-5-15(18)17(19(13(2)3)11-8-12-20)14-9-6-7-10-16(14)21-4/h6-7,9-10,13,15,17,20H,5,8,11-12,18H2,1-4H3. The summed E-state index contributed by atoms with van der Waals surface area (Å²) in [5.74, 6) is 0.876. The van der Waals surface area contributed by atoms with Gasteiger partial charge in [0.2, 0.25) is 0 Å². The Kier molecular flexibility index (Phi) is 7.72. The SMILES string of the molecule is CCC(N)C(c1ccccc1OC)N(CCCO)C(C)C. The molecule has 4 heteroatoms. The molecule has 1 aromatic rings. The summed E-state index contributed by atoms with van der Waals surface area (Å²) in [6, 6.07) is 8.55. The highest BCUT2D eigenvalue weighted by atomic mass is 16.5. The van der Waals surface area contributed by atoms with Crippen LogP contribution in [0.4, 0.5) is 0 Å². The summed E-state index contributed by atoms with van der Waals surface area (Å²) in [5.41, 5.74) is 7.55. The van der Waals surface area contributed by atoms with Gasteiger partial charge in [-0.1, -0.05) is 25.1 Å². The van der Waals surface area contributed by atoms with Gasteiger partial charge in [0, 0.05) is 30.8 Å². The number of hydrogen-bond donors (Lipinski definition) is 2. The van der Waals surface area contributed by atoms with Crippen molar-refractivity contribution in [1.29, 1.82) is 0 Å². The molecule has 3 N–H and O–H groups in total. The third-order valence-electron chi connectivity index (χ3n) is 3.93. The molecule has 0 heterocycles. The molecule has 2 atom stereocenters. The van der Waals surface area contributed by atoms with Crippen LogP contribution in [0, 0.1) is 0 Å². The first kappa shape index (κ1) is 18.0. The lowest BCUT2D eigenvalue weighted by atomic mass is 9.94. The first-order valence-corrected chi connectivity index (χ1v) is 7.81. The van der Waals surface area contributed by atoms with Crippen molar-refractivity contribution in [2.24, 2.45) is 5.73 Å². The highest BCUT2D eigenvalue weighted by Crippen LogP contribution is 2.33. The predicted molar refractivity (Wildman–Crippen MR) is 87.5 cm³/mol. The fourth-order valence-corrected chi connectivity index (χ4v) is 2.76. The maximum atomic E-state index is 9.16. The lowest BCUT2D eigenvalue weighted by Crippen LogP contribution is -2.45. The number of para-hydroxylation sites is 1. The average Bonchev–Trinajstić information content (AvgIpc) is 2.50. The lowest BCUT2D eigenvalue weighted by molar-refractivity contribution is 0.116. The second kappa shape index (κ2) is 9.03. The molecule has 0 aromatic heterocycles. The van der Waals surface area contributed by atoms with E-state index in [1.165, 1.54) is 0 Å². The van der Waals surface area contributed by atoms with Crippen LogP contribution in [0.25, 0.3) is 0 Å². The maximum absolute atomic E-state index is 9.16. The Hall–Kier alpha value is -1.10. The molecule has 0 aliphatic heterocycles. The Balaban J connectivity index is 3.19. The van der Waals surface area contributed by atoms with E-state index in [0.717, 1.165) is 30.7 Å². The van der Waals surface area contributed by atoms with Crippen molar-refractivity contribution in [2.45, 2.75) is 51.7 Å². The fraction of sp³-hybridized carbons (Fsp3) is 0.647. The predicted octanol–water partition coefficient (Wildman–Crippen LogP) is 2.57. The highest BCUT2D eigenvalue weighted by molar-refractivity contribution is 5.37. The van der Waals surface area contributed by atoms with E-state index in [1.54, 1.807) is 7.11 Å². The number of aliphatic hydroxyl groups is 1. The molecule has 0 radical (unpaired) electrons. The third-order valence-corrected chi connectivity index (χ3v) is 3.93. The average molecular weight is 294 g/mol. The largest absolute Gasteiger partial charge is 0.496 e.